The molecular weight excluding hydrogens is 258 g/mol. The molecule has 0 aliphatic rings. The summed E-state index contributed by atoms with van der Waals surface area (Å²) in [6.45, 7) is 5.48. The second kappa shape index (κ2) is 5.07. The fourth-order valence-corrected chi connectivity index (χ4v) is 2.01. The highest BCUT2D eigenvalue weighted by Gasteiger charge is 2.21. The van der Waals surface area contributed by atoms with Crippen LogP contribution in [-0.4, -0.2) is 30.5 Å². The number of fused-ring (bicyclic) bond motifs is 1. The summed E-state index contributed by atoms with van der Waals surface area (Å²) in [7, 11) is 3.15. The van der Waals surface area contributed by atoms with Crippen molar-refractivity contribution in [3.05, 3.63) is 24.4 Å². The van der Waals surface area contributed by atoms with E-state index in [0.717, 1.165) is 5.39 Å². The van der Waals surface area contributed by atoms with E-state index in [1.807, 2.05) is 20.8 Å². The van der Waals surface area contributed by atoms with Crippen LogP contribution in [0.4, 0.5) is 4.79 Å². The van der Waals surface area contributed by atoms with Gasteiger partial charge in [-0.25, -0.2) is 9.36 Å². The molecule has 5 heteroatoms. The Morgan fingerprint density at radius 3 is 2.20 bits per heavy atom. The van der Waals surface area contributed by atoms with Gasteiger partial charge < -0.3 is 14.2 Å². The van der Waals surface area contributed by atoms with Gasteiger partial charge in [0.2, 0.25) is 0 Å². The summed E-state index contributed by atoms with van der Waals surface area (Å²) in [5.74, 6) is 1.28. The summed E-state index contributed by atoms with van der Waals surface area (Å²) in [6, 6.07) is 5.38. The van der Waals surface area contributed by atoms with E-state index in [0.29, 0.717) is 17.0 Å². The monoisotopic (exact) mass is 277 g/mol. The van der Waals surface area contributed by atoms with Crippen LogP contribution >= 0.6 is 0 Å². The zero-order valence-corrected chi connectivity index (χ0v) is 12.4. The molecule has 0 fully saturated rings. The van der Waals surface area contributed by atoms with Crippen molar-refractivity contribution in [2.75, 3.05) is 14.2 Å². The van der Waals surface area contributed by atoms with Gasteiger partial charge in [-0.2, -0.15) is 0 Å². The van der Waals surface area contributed by atoms with Gasteiger partial charge in [0.1, 0.15) is 22.6 Å². The Balaban J connectivity index is 2.57. The van der Waals surface area contributed by atoms with Gasteiger partial charge in [0.05, 0.1) is 14.2 Å². The Bertz CT molecular complexity index is 637. The maximum atomic E-state index is 12.2. The molecule has 0 aliphatic heterocycles. The first kappa shape index (κ1) is 14.2. The lowest BCUT2D eigenvalue weighted by Gasteiger charge is -2.20. The van der Waals surface area contributed by atoms with Crippen LogP contribution in [-0.2, 0) is 4.74 Å². The summed E-state index contributed by atoms with van der Waals surface area (Å²) >= 11 is 0. The van der Waals surface area contributed by atoms with Crippen LogP contribution in [0.25, 0.3) is 10.9 Å². The molecule has 0 aliphatic carbocycles. The van der Waals surface area contributed by atoms with E-state index in [1.165, 1.54) is 4.57 Å². The van der Waals surface area contributed by atoms with Crippen LogP contribution in [0.1, 0.15) is 20.8 Å². The van der Waals surface area contributed by atoms with Gasteiger partial charge in [-0.1, -0.05) is 0 Å². The van der Waals surface area contributed by atoms with Crippen LogP contribution in [0.3, 0.4) is 0 Å². The number of hydrogen-bond acceptors (Lipinski definition) is 4. The Morgan fingerprint density at radius 2 is 1.65 bits per heavy atom. The molecule has 0 unspecified atom stereocenters. The van der Waals surface area contributed by atoms with Gasteiger partial charge in [0.25, 0.3) is 0 Å². The fraction of sp³-hybridized carbons (Fsp3) is 0.400. The number of methoxy groups -OCH3 is 2. The van der Waals surface area contributed by atoms with Gasteiger partial charge in [0, 0.05) is 11.6 Å². The molecule has 1 aromatic carbocycles. The average molecular weight is 277 g/mol. The predicted molar refractivity (Wildman–Crippen MR) is 76.7 cm³/mol. The molecule has 1 heterocycles. The van der Waals surface area contributed by atoms with E-state index in [2.05, 4.69) is 0 Å². The van der Waals surface area contributed by atoms with E-state index < -0.39 is 11.7 Å². The molecule has 0 atom stereocenters. The van der Waals surface area contributed by atoms with E-state index in [4.69, 9.17) is 14.2 Å². The zero-order chi connectivity index (χ0) is 14.9. The van der Waals surface area contributed by atoms with Crippen LogP contribution < -0.4 is 9.47 Å². The molecule has 108 valence electrons. The number of hydrogen-bond donors (Lipinski definition) is 0. The third kappa shape index (κ3) is 2.57. The van der Waals surface area contributed by atoms with Crippen molar-refractivity contribution >= 4 is 17.0 Å². The van der Waals surface area contributed by atoms with E-state index in [1.54, 1.807) is 38.6 Å². The Kier molecular flexibility index (Phi) is 3.61. The number of rotatable bonds is 2. The Hall–Kier alpha value is -2.17. The number of ether oxygens (including phenoxy) is 3. The number of benzene rings is 1. The second-order valence-corrected chi connectivity index (χ2v) is 5.40. The van der Waals surface area contributed by atoms with Gasteiger partial charge >= 0.3 is 6.09 Å². The van der Waals surface area contributed by atoms with Crippen molar-refractivity contribution < 1.29 is 19.0 Å². The van der Waals surface area contributed by atoms with Crippen molar-refractivity contribution in [3.8, 4) is 11.5 Å². The molecular formula is C15H19NO4. The Morgan fingerprint density at radius 1 is 1.05 bits per heavy atom. The minimum atomic E-state index is -0.556. The first-order chi connectivity index (χ1) is 9.37. The lowest BCUT2D eigenvalue weighted by atomic mass is 10.2. The summed E-state index contributed by atoms with van der Waals surface area (Å²) in [5, 5.41) is 0.803. The molecule has 2 aromatic rings. The van der Waals surface area contributed by atoms with E-state index >= 15 is 0 Å². The first-order valence-corrected chi connectivity index (χ1v) is 6.33. The molecule has 0 spiro atoms. The molecule has 20 heavy (non-hydrogen) atoms. The maximum absolute atomic E-state index is 12.2. The summed E-state index contributed by atoms with van der Waals surface area (Å²) in [4.78, 5) is 12.2. The third-order valence-electron chi connectivity index (χ3n) is 2.80. The summed E-state index contributed by atoms with van der Waals surface area (Å²) in [5.41, 5.74) is 0.0841. The van der Waals surface area contributed by atoms with Crippen molar-refractivity contribution in [3.63, 3.8) is 0 Å². The van der Waals surface area contributed by atoms with Gasteiger partial charge in [-0.3, -0.25) is 0 Å². The first-order valence-electron chi connectivity index (χ1n) is 6.33. The predicted octanol–water partition coefficient (Wildman–Crippen LogP) is 3.44. The largest absolute Gasteiger partial charge is 0.496 e. The van der Waals surface area contributed by atoms with Crippen molar-refractivity contribution in [1.82, 2.24) is 4.57 Å². The van der Waals surface area contributed by atoms with Crippen LogP contribution in [0, 0.1) is 0 Å². The molecule has 0 saturated heterocycles. The van der Waals surface area contributed by atoms with Gasteiger partial charge in [0.15, 0.2) is 0 Å². The highest BCUT2D eigenvalue weighted by atomic mass is 16.6. The van der Waals surface area contributed by atoms with E-state index in [-0.39, 0.29) is 0 Å². The third-order valence-corrected chi connectivity index (χ3v) is 2.80. The summed E-state index contributed by atoms with van der Waals surface area (Å²) < 4.78 is 17.4. The van der Waals surface area contributed by atoms with E-state index in [9.17, 15) is 4.79 Å². The Labute approximate surface area is 118 Å². The maximum Gasteiger partial charge on any atom is 0.419 e. The van der Waals surface area contributed by atoms with Crippen LogP contribution in [0.15, 0.2) is 24.4 Å². The minimum Gasteiger partial charge on any atom is -0.496 e. The molecule has 0 saturated carbocycles. The fourth-order valence-electron chi connectivity index (χ4n) is 2.01. The second-order valence-electron chi connectivity index (χ2n) is 5.40. The minimum absolute atomic E-state index is 0.445. The number of nitrogens with zero attached hydrogens (tertiary/aromatic N) is 1. The smallest absolute Gasteiger partial charge is 0.419 e. The number of carbonyl (C=O) groups excluding carboxylic acids is 1. The van der Waals surface area contributed by atoms with Gasteiger partial charge in [-0.15, -0.1) is 0 Å². The molecule has 0 radical (unpaired) electrons. The normalized spacial score (nSPS) is 11.4. The average Bonchev–Trinajstić information content (AvgIpc) is 2.80. The van der Waals surface area contributed by atoms with Crippen LogP contribution in [0.5, 0.6) is 11.5 Å². The van der Waals surface area contributed by atoms with Crippen molar-refractivity contribution in [2.45, 2.75) is 26.4 Å². The standard InChI is InChI=1S/C15H19NO4/c1-15(2,3)20-14(17)16-9-8-10-11(18-4)6-7-12(19-5)13(10)16/h6-9H,1-5H3. The van der Waals surface area contributed by atoms with Gasteiger partial charge in [-0.05, 0) is 39.0 Å². The molecule has 0 N–H and O–H groups in total. The molecule has 1 aromatic heterocycles. The van der Waals surface area contributed by atoms with Crippen molar-refractivity contribution in [2.24, 2.45) is 0 Å². The topological polar surface area (TPSA) is 49.7 Å². The SMILES string of the molecule is COc1ccc(OC)c2c1ccn2C(=O)OC(C)(C)C. The summed E-state index contributed by atoms with van der Waals surface area (Å²) in [6.07, 6.45) is 1.21. The highest BCUT2D eigenvalue weighted by molar-refractivity contribution is 5.97. The lowest BCUT2D eigenvalue weighted by Crippen LogP contribution is -2.26. The zero-order valence-electron chi connectivity index (χ0n) is 12.4. The van der Waals surface area contributed by atoms with Crippen molar-refractivity contribution in [1.29, 1.82) is 0 Å². The molecule has 2 rings (SSSR count). The molecule has 5 nitrogen and oxygen atoms in total. The quantitative estimate of drug-likeness (QED) is 0.843. The molecule has 0 bridgehead atoms. The number of aromatic nitrogens is 1. The highest BCUT2D eigenvalue weighted by Crippen LogP contribution is 2.34. The van der Waals surface area contributed by atoms with Crippen LogP contribution in [0.2, 0.25) is 0 Å². The number of carbonyl (C=O) groups is 1. The lowest BCUT2D eigenvalue weighted by molar-refractivity contribution is 0.0544. The molecule has 0 amide bonds.